The number of rotatable bonds is 3. The molecule has 0 saturated heterocycles. The van der Waals surface area contributed by atoms with Crippen molar-refractivity contribution in [1.82, 2.24) is 0 Å². The fourth-order valence-corrected chi connectivity index (χ4v) is 3.78. The van der Waals surface area contributed by atoms with Crippen molar-refractivity contribution >= 4 is 0 Å². The molecule has 0 bridgehead atoms. The van der Waals surface area contributed by atoms with Gasteiger partial charge in [0.25, 0.3) is 0 Å². The van der Waals surface area contributed by atoms with E-state index in [-0.39, 0.29) is 5.41 Å². The molecule has 0 aromatic heterocycles. The summed E-state index contributed by atoms with van der Waals surface area (Å²) in [5, 5.41) is 0. The number of hydrogen-bond donors (Lipinski definition) is 1. The number of fused-ring (bicyclic) bond motifs is 1. The highest BCUT2D eigenvalue weighted by Crippen LogP contribution is 2.39. The largest absolute Gasteiger partial charge is 0.330 e. The summed E-state index contributed by atoms with van der Waals surface area (Å²) in [4.78, 5) is 0. The Morgan fingerprint density at radius 3 is 2.62 bits per heavy atom. The molecule has 1 heteroatoms. The fraction of sp³-hybridized carbons (Fsp3) is 0.400. The average Bonchev–Trinajstić information content (AvgIpc) is 2.51. The summed E-state index contributed by atoms with van der Waals surface area (Å²) in [7, 11) is 0. The van der Waals surface area contributed by atoms with Gasteiger partial charge in [-0.3, -0.25) is 0 Å². The Balaban J connectivity index is 2.00. The molecular weight excluding hydrogens is 254 g/mol. The van der Waals surface area contributed by atoms with Gasteiger partial charge in [-0.25, -0.2) is 0 Å². The van der Waals surface area contributed by atoms with Gasteiger partial charge >= 0.3 is 0 Å². The Morgan fingerprint density at radius 2 is 1.86 bits per heavy atom. The van der Waals surface area contributed by atoms with Crippen LogP contribution in [0.25, 0.3) is 0 Å². The van der Waals surface area contributed by atoms with Crippen LogP contribution in [0, 0.1) is 13.8 Å². The molecule has 1 aliphatic carbocycles. The van der Waals surface area contributed by atoms with Crippen molar-refractivity contribution in [3.05, 3.63) is 70.3 Å². The normalized spacial score (nSPS) is 21.1. The molecule has 0 amide bonds. The third-order valence-electron chi connectivity index (χ3n) is 5.19. The lowest BCUT2D eigenvalue weighted by atomic mass is 9.67. The Hall–Kier alpha value is -1.60. The summed E-state index contributed by atoms with van der Waals surface area (Å²) in [6.45, 7) is 5.10. The SMILES string of the molecule is Cc1ccc(CC2(CN)CCCc3ccccc32)cc1C. The first-order valence-corrected chi connectivity index (χ1v) is 7.99. The van der Waals surface area contributed by atoms with Gasteiger partial charge in [-0.15, -0.1) is 0 Å². The minimum absolute atomic E-state index is 0.122. The van der Waals surface area contributed by atoms with Crippen LogP contribution in [-0.4, -0.2) is 6.54 Å². The zero-order chi connectivity index (χ0) is 14.9. The van der Waals surface area contributed by atoms with Gasteiger partial charge in [0.2, 0.25) is 0 Å². The molecule has 21 heavy (non-hydrogen) atoms. The van der Waals surface area contributed by atoms with Crippen LogP contribution in [0.5, 0.6) is 0 Å². The molecule has 1 atom stereocenters. The third-order valence-corrected chi connectivity index (χ3v) is 5.19. The second kappa shape index (κ2) is 5.65. The van der Waals surface area contributed by atoms with Gasteiger partial charge in [-0.05, 0) is 67.3 Å². The van der Waals surface area contributed by atoms with Crippen LogP contribution in [0.15, 0.2) is 42.5 Å². The molecule has 1 nitrogen and oxygen atoms in total. The summed E-state index contributed by atoms with van der Waals surface area (Å²) in [6, 6.07) is 15.7. The molecule has 1 unspecified atom stereocenters. The molecule has 3 rings (SSSR count). The standard InChI is InChI=1S/C20H25N/c1-15-9-10-17(12-16(15)2)13-20(14-21)11-5-7-18-6-3-4-8-19(18)20/h3-4,6,8-10,12H,5,7,11,13-14,21H2,1-2H3. The van der Waals surface area contributed by atoms with Gasteiger partial charge in [0.15, 0.2) is 0 Å². The highest BCUT2D eigenvalue weighted by molar-refractivity contribution is 5.40. The molecule has 0 saturated carbocycles. The minimum Gasteiger partial charge on any atom is -0.330 e. The average molecular weight is 279 g/mol. The lowest BCUT2D eigenvalue weighted by molar-refractivity contribution is 0.365. The molecule has 110 valence electrons. The van der Waals surface area contributed by atoms with Crippen LogP contribution in [0.4, 0.5) is 0 Å². The van der Waals surface area contributed by atoms with E-state index in [2.05, 4.69) is 56.3 Å². The zero-order valence-corrected chi connectivity index (χ0v) is 13.2. The van der Waals surface area contributed by atoms with Crippen molar-refractivity contribution in [2.75, 3.05) is 6.54 Å². The Labute approximate surface area is 128 Å². The van der Waals surface area contributed by atoms with E-state index < -0.39 is 0 Å². The van der Waals surface area contributed by atoms with E-state index in [1.165, 1.54) is 47.1 Å². The number of aryl methyl sites for hydroxylation is 3. The smallest absolute Gasteiger partial charge is 0.0119 e. The highest BCUT2D eigenvalue weighted by Gasteiger charge is 2.35. The molecule has 0 radical (unpaired) electrons. The van der Waals surface area contributed by atoms with Crippen LogP contribution in [0.2, 0.25) is 0 Å². The van der Waals surface area contributed by atoms with E-state index in [0.717, 1.165) is 13.0 Å². The Morgan fingerprint density at radius 1 is 1.05 bits per heavy atom. The summed E-state index contributed by atoms with van der Waals surface area (Å²) in [6.07, 6.45) is 4.71. The van der Waals surface area contributed by atoms with Crippen molar-refractivity contribution < 1.29 is 0 Å². The first-order chi connectivity index (χ1) is 10.1. The lowest BCUT2D eigenvalue weighted by Crippen LogP contribution is -2.40. The topological polar surface area (TPSA) is 26.0 Å². The predicted molar refractivity (Wildman–Crippen MR) is 89.7 cm³/mol. The maximum absolute atomic E-state index is 6.27. The molecular formula is C20H25N. The summed E-state index contributed by atoms with van der Waals surface area (Å²) in [5.41, 5.74) is 13.5. The molecule has 2 aromatic carbocycles. The van der Waals surface area contributed by atoms with Crippen molar-refractivity contribution in [3.8, 4) is 0 Å². The molecule has 2 N–H and O–H groups in total. The zero-order valence-electron chi connectivity index (χ0n) is 13.2. The monoisotopic (exact) mass is 279 g/mol. The Bertz CT molecular complexity index is 644. The van der Waals surface area contributed by atoms with E-state index in [1.54, 1.807) is 0 Å². The van der Waals surface area contributed by atoms with Crippen molar-refractivity contribution in [1.29, 1.82) is 0 Å². The van der Waals surface area contributed by atoms with Crippen LogP contribution >= 0.6 is 0 Å². The van der Waals surface area contributed by atoms with E-state index >= 15 is 0 Å². The van der Waals surface area contributed by atoms with E-state index in [4.69, 9.17) is 5.73 Å². The fourth-order valence-electron chi connectivity index (χ4n) is 3.78. The summed E-state index contributed by atoms with van der Waals surface area (Å²) < 4.78 is 0. The van der Waals surface area contributed by atoms with E-state index in [9.17, 15) is 0 Å². The van der Waals surface area contributed by atoms with Gasteiger partial charge < -0.3 is 5.73 Å². The summed E-state index contributed by atoms with van der Waals surface area (Å²) in [5.74, 6) is 0. The van der Waals surface area contributed by atoms with Gasteiger partial charge in [0.05, 0.1) is 0 Å². The van der Waals surface area contributed by atoms with E-state index in [1.807, 2.05) is 0 Å². The second-order valence-corrected chi connectivity index (χ2v) is 6.59. The van der Waals surface area contributed by atoms with Crippen LogP contribution in [0.1, 0.15) is 40.7 Å². The van der Waals surface area contributed by atoms with Gasteiger partial charge in [0, 0.05) is 12.0 Å². The van der Waals surface area contributed by atoms with Crippen LogP contribution < -0.4 is 5.73 Å². The minimum atomic E-state index is 0.122. The van der Waals surface area contributed by atoms with Crippen molar-refractivity contribution in [2.45, 2.75) is 44.9 Å². The predicted octanol–water partition coefficient (Wildman–Crippen LogP) is 4.08. The molecule has 2 aromatic rings. The van der Waals surface area contributed by atoms with Gasteiger partial charge in [-0.2, -0.15) is 0 Å². The first-order valence-electron chi connectivity index (χ1n) is 7.99. The molecule has 0 aliphatic heterocycles. The highest BCUT2D eigenvalue weighted by atomic mass is 14.6. The molecule has 1 aliphatic rings. The molecule has 0 heterocycles. The quantitative estimate of drug-likeness (QED) is 0.900. The number of benzene rings is 2. The van der Waals surface area contributed by atoms with E-state index in [0.29, 0.717) is 0 Å². The Kier molecular flexibility index (Phi) is 3.86. The second-order valence-electron chi connectivity index (χ2n) is 6.59. The maximum Gasteiger partial charge on any atom is 0.0119 e. The van der Waals surface area contributed by atoms with Crippen LogP contribution in [-0.2, 0) is 18.3 Å². The van der Waals surface area contributed by atoms with Crippen molar-refractivity contribution in [2.24, 2.45) is 5.73 Å². The van der Waals surface area contributed by atoms with Gasteiger partial charge in [0.1, 0.15) is 0 Å². The maximum atomic E-state index is 6.27. The van der Waals surface area contributed by atoms with Crippen molar-refractivity contribution in [3.63, 3.8) is 0 Å². The molecule has 0 fully saturated rings. The first kappa shape index (κ1) is 14.3. The summed E-state index contributed by atoms with van der Waals surface area (Å²) >= 11 is 0. The number of nitrogens with two attached hydrogens (primary N) is 1. The van der Waals surface area contributed by atoms with Gasteiger partial charge in [-0.1, -0.05) is 42.5 Å². The third kappa shape index (κ3) is 2.63. The number of hydrogen-bond acceptors (Lipinski definition) is 1. The van der Waals surface area contributed by atoms with Crippen LogP contribution in [0.3, 0.4) is 0 Å². The molecule has 0 spiro atoms. The lowest BCUT2D eigenvalue weighted by Gasteiger charge is -2.39.